The number of imide groups is 1. The number of benzene rings is 1. The number of urea groups is 1. The van der Waals surface area contributed by atoms with Crippen molar-refractivity contribution in [3.63, 3.8) is 0 Å². The van der Waals surface area contributed by atoms with E-state index < -0.39 is 12.1 Å². The van der Waals surface area contributed by atoms with Crippen molar-refractivity contribution in [3.8, 4) is 0 Å². The smallest absolute Gasteiger partial charge is 0.324 e. The number of aromatic amines is 1. The first kappa shape index (κ1) is 19.6. The van der Waals surface area contributed by atoms with Crippen LogP contribution in [0.5, 0.6) is 0 Å². The van der Waals surface area contributed by atoms with Crippen molar-refractivity contribution in [3.05, 3.63) is 66.1 Å². The normalized spacial score (nSPS) is 16.1. The summed E-state index contributed by atoms with van der Waals surface area (Å²) in [5, 5.41) is 6.47. The summed E-state index contributed by atoms with van der Waals surface area (Å²) in [6, 6.07) is 12.2. The Hall–Kier alpha value is -3.68. The van der Waals surface area contributed by atoms with Gasteiger partial charge < -0.3 is 15.6 Å². The van der Waals surface area contributed by atoms with E-state index in [0.717, 1.165) is 22.2 Å². The van der Waals surface area contributed by atoms with Gasteiger partial charge in [-0.3, -0.25) is 19.5 Å². The lowest BCUT2D eigenvalue weighted by Crippen LogP contribution is -2.37. The fourth-order valence-electron chi connectivity index (χ4n) is 3.63. The predicted molar refractivity (Wildman–Crippen MR) is 112 cm³/mol. The number of aromatic nitrogens is 2. The van der Waals surface area contributed by atoms with Gasteiger partial charge in [0, 0.05) is 48.5 Å². The van der Waals surface area contributed by atoms with Crippen molar-refractivity contribution < 1.29 is 14.4 Å². The van der Waals surface area contributed by atoms with Gasteiger partial charge in [0.1, 0.15) is 6.04 Å². The minimum absolute atomic E-state index is 0.0730. The zero-order valence-electron chi connectivity index (χ0n) is 16.4. The lowest BCUT2D eigenvalue weighted by molar-refractivity contribution is -0.130. The average Bonchev–Trinajstić information content (AvgIpc) is 3.28. The number of para-hydroxylation sites is 1. The molecule has 1 aromatic carbocycles. The second kappa shape index (κ2) is 8.77. The van der Waals surface area contributed by atoms with Crippen LogP contribution < -0.4 is 10.6 Å². The van der Waals surface area contributed by atoms with Crippen LogP contribution in [-0.2, 0) is 22.4 Å². The SMILES string of the molecule is O=C(C[C@@H]1NC(=O)N(CCc2c[nH]c3ccccc23)C1=O)NCCc1ccccn1. The second-order valence-corrected chi connectivity index (χ2v) is 7.23. The summed E-state index contributed by atoms with van der Waals surface area (Å²) in [4.78, 5) is 45.6. The Bertz CT molecular complexity index is 1060. The first-order valence-corrected chi connectivity index (χ1v) is 9.95. The number of nitrogens with zero attached hydrogens (tertiary/aromatic N) is 2. The zero-order valence-corrected chi connectivity index (χ0v) is 16.4. The Labute approximate surface area is 173 Å². The van der Waals surface area contributed by atoms with Crippen LogP contribution in [0.4, 0.5) is 4.79 Å². The fourth-order valence-corrected chi connectivity index (χ4v) is 3.63. The van der Waals surface area contributed by atoms with E-state index in [9.17, 15) is 14.4 Å². The molecule has 4 rings (SSSR count). The summed E-state index contributed by atoms with van der Waals surface area (Å²) in [6.07, 6.45) is 4.68. The number of fused-ring (bicyclic) bond motifs is 1. The van der Waals surface area contributed by atoms with E-state index in [4.69, 9.17) is 0 Å². The Morgan fingerprint density at radius 2 is 1.93 bits per heavy atom. The third-order valence-electron chi connectivity index (χ3n) is 5.21. The molecule has 0 unspecified atom stereocenters. The monoisotopic (exact) mass is 405 g/mol. The number of H-pyrrole nitrogens is 1. The van der Waals surface area contributed by atoms with E-state index in [1.807, 2.05) is 48.7 Å². The molecular weight excluding hydrogens is 382 g/mol. The highest BCUT2D eigenvalue weighted by Gasteiger charge is 2.38. The maximum Gasteiger partial charge on any atom is 0.324 e. The van der Waals surface area contributed by atoms with Gasteiger partial charge in [-0.05, 0) is 30.2 Å². The quantitative estimate of drug-likeness (QED) is 0.497. The van der Waals surface area contributed by atoms with Gasteiger partial charge in [0.25, 0.3) is 5.91 Å². The van der Waals surface area contributed by atoms with Crippen molar-refractivity contribution >= 4 is 28.7 Å². The van der Waals surface area contributed by atoms with Crippen LogP contribution in [-0.4, -0.2) is 51.8 Å². The summed E-state index contributed by atoms with van der Waals surface area (Å²) in [5.41, 5.74) is 2.94. The van der Waals surface area contributed by atoms with Crippen LogP contribution in [0, 0.1) is 0 Å². The van der Waals surface area contributed by atoms with Crippen molar-refractivity contribution in [1.82, 2.24) is 25.5 Å². The lowest BCUT2D eigenvalue weighted by atomic mass is 10.1. The Morgan fingerprint density at radius 1 is 1.10 bits per heavy atom. The van der Waals surface area contributed by atoms with Crippen LogP contribution in [0.15, 0.2) is 54.9 Å². The number of hydrogen-bond donors (Lipinski definition) is 3. The van der Waals surface area contributed by atoms with Crippen molar-refractivity contribution in [2.75, 3.05) is 13.1 Å². The highest BCUT2D eigenvalue weighted by molar-refractivity contribution is 6.05. The molecule has 0 saturated carbocycles. The van der Waals surface area contributed by atoms with Crippen molar-refractivity contribution in [2.24, 2.45) is 0 Å². The Kier molecular flexibility index (Phi) is 5.74. The lowest BCUT2D eigenvalue weighted by Gasteiger charge is -2.12. The molecule has 1 aliphatic rings. The summed E-state index contributed by atoms with van der Waals surface area (Å²) in [5.74, 6) is -0.636. The highest BCUT2D eigenvalue weighted by atomic mass is 16.2. The molecule has 0 spiro atoms. The minimum Gasteiger partial charge on any atom is -0.361 e. The summed E-state index contributed by atoms with van der Waals surface area (Å²) in [7, 11) is 0. The molecule has 0 bridgehead atoms. The number of pyridine rings is 1. The molecule has 3 N–H and O–H groups in total. The van der Waals surface area contributed by atoms with Gasteiger partial charge in [0.15, 0.2) is 0 Å². The van der Waals surface area contributed by atoms with Crippen LogP contribution in [0.3, 0.4) is 0 Å². The highest BCUT2D eigenvalue weighted by Crippen LogP contribution is 2.19. The topological polar surface area (TPSA) is 107 Å². The van der Waals surface area contributed by atoms with Gasteiger partial charge in [0.05, 0.1) is 6.42 Å². The molecule has 8 nitrogen and oxygen atoms in total. The van der Waals surface area contributed by atoms with Crippen LogP contribution in [0.2, 0.25) is 0 Å². The van der Waals surface area contributed by atoms with Crippen molar-refractivity contribution in [2.45, 2.75) is 25.3 Å². The predicted octanol–water partition coefficient (Wildman–Crippen LogP) is 1.77. The third kappa shape index (κ3) is 4.32. The van der Waals surface area contributed by atoms with E-state index in [1.165, 1.54) is 4.90 Å². The number of amides is 4. The third-order valence-corrected chi connectivity index (χ3v) is 5.21. The Balaban J connectivity index is 1.27. The fraction of sp³-hybridized carbons (Fsp3) is 0.273. The van der Waals surface area contributed by atoms with Gasteiger partial charge >= 0.3 is 6.03 Å². The molecule has 3 aromatic rings. The maximum absolute atomic E-state index is 12.6. The number of hydrogen-bond acceptors (Lipinski definition) is 4. The van der Waals surface area contributed by atoms with Crippen LogP contribution >= 0.6 is 0 Å². The van der Waals surface area contributed by atoms with Crippen LogP contribution in [0.1, 0.15) is 17.7 Å². The molecule has 1 fully saturated rings. The van der Waals surface area contributed by atoms with E-state index in [0.29, 0.717) is 19.4 Å². The van der Waals surface area contributed by atoms with Gasteiger partial charge in [-0.1, -0.05) is 24.3 Å². The van der Waals surface area contributed by atoms with E-state index in [2.05, 4.69) is 20.6 Å². The van der Waals surface area contributed by atoms with Gasteiger partial charge in [-0.25, -0.2) is 4.79 Å². The average molecular weight is 405 g/mol. The zero-order chi connectivity index (χ0) is 20.9. The molecular formula is C22H23N5O3. The molecule has 154 valence electrons. The van der Waals surface area contributed by atoms with Gasteiger partial charge in [-0.2, -0.15) is 0 Å². The molecule has 1 aliphatic heterocycles. The Morgan fingerprint density at radius 3 is 2.77 bits per heavy atom. The minimum atomic E-state index is -0.824. The number of carbonyl (C=O) groups is 3. The van der Waals surface area contributed by atoms with E-state index >= 15 is 0 Å². The second-order valence-electron chi connectivity index (χ2n) is 7.23. The molecule has 0 radical (unpaired) electrons. The maximum atomic E-state index is 12.6. The first-order chi connectivity index (χ1) is 14.6. The molecule has 4 amide bonds. The number of carbonyl (C=O) groups excluding carboxylic acids is 3. The first-order valence-electron chi connectivity index (χ1n) is 9.95. The molecule has 30 heavy (non-hydrogen) atoms. The largest absolute Gasteiger partial charge is 0.361 e. The van der Waals surface area contributed by atoms with Gasteiger partial charge in [0.2, 0.25) is 5.91 Å². The number of rotatable bonds is 8. The van der Waals surface area contributed by atoms with E-state index in [-0.39, 0.29) is 24.8 Å². The summed E-state index contributed by atoms with van der Waals surface area (Å²) >= 11 is 0. The van der Waals surface area contributed by atoms with Crippen molar-refractivity contribution in [1.29, 1.82) is 0 Å². The van der Waals surface area contributed by atoms with Crippen LogP contribution in [0.25, 0.3) is 10.9 Å². The number of nitrogens with one attached hydrogen (secondary N) is 3. The molecule has 1 atom stereocenters. The standard InChI is InChI=1S/C22H23N5O3/c28-20(24-11-8-16-5-3-4-10-23-16)13-19-21(29)27(22(30)26-19)12-9-15-14-25-18-7-2-1-6-17(15)18/h1-7,10,14,19,25H,8-9,11-13H2,(H,24,28)(H,26,30)/t19-/m0/s1. The summed E-state index contributed by atoms with van der Waals surface area (Å²) < 4.78 is 0. The van der Waals surface area contributed by atoms with E-state index in [1.54, 1.807) is 6.20 Å². The molecule has 1 saturated heterocycles. The molecule has 8 heteroatoms. The van der Waals surface area contributed by atoms with Gasteiger partial charge in [-0.15, -0.1) is 0 Å². The molecule has 0 aliphatic carbocycles. The summed E-state index contributed by atoms with van der Waals surface area (Å²) in [6.45, 7) is 0.694. The molecule has 3 heterocycles. The molecule has 2 aromatic heterocycles.